The lowest BCUT2D eigenvalue weighted by atomic mass is 9.82. The fourth-order valence-electron chi connectivity index (χ4n) is 2.82. The van der Waals surface area contributed by atoms with Crippen molar-refractivity contribution >= 4 is 23.4 Å². The number of nitrogens with one attached hydrogen (secondary N) is 1. The second-order valence-electron chi connectivity index (χ2n) is 7.01. The Morgan fingerprint density at radius 1 is 1.40 bits per heavy atom. The second-order valence-corrected chi connectivity index (χ2v) is 7.23. The molecular formula is C15H23ClN2O2. The van der Waals surface area contributed by atoms with E-state index >= 15 is 0 Å². The number of carbonyl (C=O) groups excluding carboxylic acids is 2. The van der Waals surface area contributed by atoms with E-state index in [2.05, 4.69) is 5.32 Å². The van der Waals surface area contributed by atoms with Crippen molar-refractivity contribution in [3.05, 3.63) is 11.1 Å². The third-order valence-corrected chi connectivity index (χ3v) is 4.30. The predicted octanol–water partition coefficient (Wildman–Crippen LogP) is 2.28. The van der Waals surface area contributed by atoms with E-state index in [1.165, 1.54) is 5.54 Å². The van der Waals surface area contributed by atoms with E-state index in [0.717, 1.165) is 18.4 Å². The van der Waals surface area contributed by atoms with Crippen LogP contribution in [0.4, 0.5) is 0 Å². The summed E-state index contributed by atoms with van der Waals surface area (Å²) in [5.74, 6) is 0.302. The van der Waals surface area contributed by atoms with Crippen molar-refractivity contribution in [1.82, 2.24) is 10.2 Å². The number of rotatable bonds is 3. The van der Waals surface area contributed by atoms with Gasteiger partial charge in [0.05, 0.1) is 0 Å². The van der Waals surface area contributed by atoms with Gasteiger partial charge in [0.1, 0.15) is 12.1 Å². The summed E-state index contributed by atoms with van der Waals surface area (Å²) in [6.45, 7) is 8.23. The molecule has 5 heteroatoms. The van der Waals surface area contributed by atoms with Gasteiger partial charge in [0, 0.05) is 12.1 Å². The van der Waals surface area contributed by atoms with Gasteiger partial charge in [0.25, 0.3) is 0 Å². The van der Waals surface area contributed by atoms with Crippen LogP contribution in [0, 0.1) is 11.3 Å². The average Bonchev–Trinajstić information content (AvgIpc) is 3.15. The van der Waals surface area contributed by atoms with E-state index in [1.54, 1.807) is 4.90 Å². The number of amides is 2. The van der Waals surface area contributed by atoms with Gasteiger partial charge in [-0.15, -0.1) is 0 Å². The fourth-order valence-corrected chi connectivity index (χ4v) is 2.89. The Hall–Kier alpha value is -1.03. The first-order valence-corrected chi connectivity index (χ1v) is 7.56. The van der Waals surface area contributed by atoms with Crippen LogP contribution in [0.2, 0.25) is 0 Å². The minimum Gasteiger partial charge on any atom is -0.342 e. The highest BCUT2D eigenvalue weighted by Crippen LogP contribution is 2.37. The van der Waals surface area contributed by atoms with E-state index < -0.39 is 6.04 Å². The van der Waals surface area contributed by atoms with Crippen LogP contribution in [0.1, 0.15) is 40.5 Å². The fraction of sp³-hybridized carbons (Fsp3) is 0.733. The van der Waals surface area contributed by atoms with Gasteiger partial charge in [-0.25, -0.2) is 0 Å². The summed E-state index contributed by atoms with van der Waals surface area (Å²) in [6, 6.07) is -0.791. The van der Waals surface area contributed by atoms with Crippen molar-refractivity contribution in [1.29, 1.82) is 0 Å². The molecule has 0 radical (unpaired) electrons. The Balaban J connectivity index is 2.30. The smallest absolute Gasteiger partial charge is 0.246 e. The molecule has 4 nitrogen and oxygen atoms in total. The van der Waals surface area contributed by atoms with Crippen molar-refractivity contribution in [2.45, 2.75) is 52.6 Å². The van der Waals surface area contributed by atoms with Gasteiger partial charge in [-0.1, -0.05) is 32.4 Å². The van der Waals surface area contributed by atoms with E-state index in [0.29, 0.717) is 12.5 Å². The standard InChI is InChI=1S/C15H23ClN2O2/c1-9(7-16)8-18-12(15(2,3)4)13(19)17-11(14(18)20)10-5-6-10/h7,10-12H,5-6,8H2,1-4H3,(H,17,19). The van der Waals surface area contributed by atoms with E-state index in [9.17, 15) is 9.59 Å². The highest BCUT2D eigenvalue weighted by molar-refractivity contribution is 6.25. The van der Waals surface area contributed by atoms with Crippen molar-refractivity contribution < 1.29 is 9.59 Å². The molecule has 1 N–H and O–H groups in total. The van der Waals surface area contributed by atoms with Crippen molar-refractivity contribution in [2.24, 2.45) is 11.3 Å². The van der Waals surface area contributed by atoms with Gasteiger partial charge < -0.3 is 10.2 Å². The molecule has 2 rings (SSSR count). The zero-order valence-corrected chi connectivity index (χ0v) is 13.3. The topological polar surface area (TPSA) is 49.4 Å². The Morgan fingerprint density at radius 3 is 2.45 bits per heavy atom. The molecule has 2 atom stereocenters. The number of piperazine rings is 1. The van der Waals surface area contributed by atoms with Gasteiger partial charge in [0.15, 0.2) is 0 Å². The molecule has 2 unspecified atom stereocenters. The summed E-state index contributed by atoms with van der Waals surface area (Å²) in [6.07, 6.45) is 2.05. The van der Waals surface area contributed by atoms with Crippen LogP contribution in [-0.2, 0) is 9.59 Å². The number of halogens is 1. The first-order chi connectivity index (χ1) is 9.25. The molecule has 1 saturated carbocycles. The largest absolute Gasteiger partial charge is 0.342 e. The first-order valence-electron chi connectivity index (χ1n) is 7.12. The van der Waals surface area contributed by atoms with Crippen LogP contribution in [0.3, 0.4) is 0 Å². The van der Waals surface area contributed by atoms with E-state index in [-0.39, 0.29) is 23.3 Å². The number of hydrogen-bond donors (Lipinski definition) is 1. The molecule has 20 heavy (non-hydrogen) atoms. The molecule has 0 spiro atoms. The van der Waals surface area contributed by atoms with Gasteiger partial charge in [-0.2, -0.15) is 0 Å². The highest BCUT2D eigenvalue weighted by Gasteiger charge is 2.50. The molecule has 0 bridgehead atoms. The normalized spacial score (nSPS) is 28.6. The van der Waals surface area contributed by atoms with Crippen molar-refractivity contribution in [3.8, 4) is 0 Å². The van der Waals surface area contributed by atoms with Crippen molar-refractivity contribution in [3.63, 3.8) is 0 Å². The summed E-state index contributed by atoms with van der Waals surface area (Å²) >= 11 is 5.73. The summed E-state index contributed by atoms with van der Waals surface area (Å²) < 4.78 is 0. The summed E-state index contributed by atoms with van der Waals surface area (Å²) in [7, 11) is 0. The van der Waals surface area contributed by atoms with Crippen molar-refractivity contribution in [2.75, 3.05) is 6.54 Å². The minimum absolute atomic E-state index is 0.0323. The lowest BCUT2D eigenvalue weighted by Crippen LogP contribution is -2.67. The molecule has 2 amide bonds. The lowest BCUT2D eigenvalue weighted by molar-refractivity contribution is -0.153. The highest BCUT2D eigenvalue weighted by atomic mass is 35.5. The summed E-state index contributed by atoms with van der Waals surface area (Å²) in [4.78, 5) is 26.9. The quantitative estimate of drug-likeness (QED) is 0.869. The molecular weight excluding hydrogens is 276 g/mol. The SMILES string of the molecule is CC(=CCl)CN1C(=O)C(C2CC2)NC(=O)C1C(C)(C)C. The molecule has 1 aliphatic heterocycles. The maximum atomic E-state index is 12.7. The van der Waals surface area contributed by atoms with E-state index in [1.807, 2.05) is 27.7 Å². The molecule has 2 fully saturated rings. The van der Waals surface area contributed by atoms with Crippen LogP contribution >= 0.6 is 11.6 Å². The van der Waals surface area contributed by atoms with Gasteiger partial charge in [-0.05, 0) is 36.7 Å². The van der Waals surface area contributed by atoms with Gasteiger partial charge >= 0.3 is 0 Å². The van der Waals surface area contributed by atoms with Gasteiger partial charge in [-0.3, -0.25) is 9.59 Å². The zero-order valence-electron chi connectivity index (χ0n) is 12.6. The molecule has 1 heterocycles. The molecule has 0 aromatic rings. The minimum atomic E-state index is -0.448. The lowest BCUT2D eigenvalue weighted by Gasteiger charge is -2.45. The second kappa shape index (κ2) is 5.40. The Morgan fingerprint density at radius 2 is 2.00 bits per heavy atom. The summed E-state index contributed by atoms with van der Waals surface area (Å²) in [5, 5.41) is 2.92. The van der Waals surface area contributed by atoms with Crippen LogP contribution in [-0.4, -0.2) is 35.3 Å². The number of carbonyl (C=O) groups is 2. The molecule has 112 valence electrons. The number of nitrogens with zero attached hydrogens (tertiary/aromatic N) is 1. The third-order valence-electron chi connectivity index (χ3n) is 3.93. The van der Waals surface area contributed by atoms with Gasteiger partial charge in [0.2, 0.25) is 11.8 Å². The average molecular weight is 299 g/mol. The van der Waals surface area contributed by atoms with Crippen LogP contribution < -0.4 is 5.32 Å². The predicted molar refractivity (Wildman–Crippen MR) is 79.2 cm³/mol. The third kappa shape index (κ3) is 3.00. The molecule has 1 aliphatic carbocycles. The van der Waals surface area contributed by atoms with Crippen LogP contribution in [0.25, 0.3) is 0 Å². The molecule has 0 aromatic carbocycles. The zero-order chi connectivity index (χ0) is 15.1. The Labute approximate surface area is 125 Å². The molecule has 2 aliphatic rings. The van der Waals surface area contributed by atoms with E-state index in [4.69, 9.17) is 11.6 Å². The maximum absolute atomic E-state index is 12.7. The van der Waals surface area contributed by atoms with Crippen LogP contribution in [0.15, 0.2) is 11.1 Å². The number of hydrogen-bond acceptors (Lipinski definition) is 2. The van der Waals surface area contributed by atoms with Crippen LogP contribution in [0.5, 0.6) is 0 Å². The molecule has 0 aromatic heterocycles. The molecule has 1 saturated heterocycles. The maximum Gasteiger partial charge on any atom is 0.246 e. The first kappa shape index (κ1) is 15.4. The Kier molecular flexibility index (Phi) is 4.14. The Bertz CT molecular complexity index is 449. The monoisotopic (exact) mass is 298 g/mol. The summed E-state index contributed by atoms with van der Waals surface area (Å²) in [5.41, 5.74) is 2.06.